The van der Waals surface area contributed by atoms with E-state index < -0.39 is 65.4 Å². The Morgan fingerprint density at radius 3 is 2.11 bits per heavy atom. The van der Waals surface area contributed by atoms with Crippen molar-refractivity contribution in [2.24, 2.45) is 0 Å². The van der Waals surface area contributed by atoms with Crippen LogP contribution in [0.4, 0.5) is 0 Å². The third kappa shape index (κ3) is 6.46. The van der Waals surface area contributed by atoms with Crippen molar-refractivity contribution in [1.82, 2.24) is 9.55 Å². The number of hydrogen-bond donors (Lipinski definition) is 3. The Hall–Kier alpha value is -1.47. The summed E-state index contributed by atoms with van der Waals surface area (Å²) < 4.78 is 76.0. The molecular formula is C15H23N2O15P3. The predicted molar refractivity (Wildman–Crippen MR) is 114 cm³/mol. The van der Waals surface area contributed by atoms with Gasteiger partial charge in [0, 0.05) is 40.7 Å². The smallest absolute Gasteiger partial charge is 0.386 e. The van der Waals surface area contributed by atoms with Crippen LogP contribution in [0.5, 0.6) is 0 Å². The van der Waals surface area contributed by atoms with Crippen LogP contribution in [-0.4, -0.2) is 72.6 Å². The summed E-state index contributed by atoms with van der Waals surface area (Å²) in [4.78, 5) is 25.3. The van der Waals surface area contributed by atoms with Gasteiger partial charge >= 0.3 is 29.2 Å². The van der Waals surface area contributed by atoms with Crippen molar-refractivity contribution in [2.75, 3.05) is 35.0 Å². The van der Waals surface area contributed by atoms with E-state index in [2.05, 4.69) is 22.4 Å². The van der Waals surface area contributed by atoms with Crippen molar-refractivity contribution >= 4 is 23.5 Å². The molecule has 0 spiro atoms. The summed E-state index contributed by atoms with van der Waals surface area (Å²) in [6.45, 7) is -0.888. The number of aliphatic hydroxyl groups is 2. The number of terminal acetylenes is 1. The van der Waals surface area contributed by atoms with Crippen LogP contribution in [0.1, 0.15) is 6.23 Å². The Bertz CT molecular complexity index is 1200. The number of ether oxygens (including phenoxy) is 1. The minimum Gasteiger partial charge on any atom is -0.386 e. The molecule has 6 atom stereocenters. The Labute approximate surface area is 198 Å². The molecule has 0 aromatic carbocycles. The Morgan fingerprint density at radius 1 is 1.09 bits per heavy atom. The Balaban J connectivity index is 2.25. The quantitative estimate of drug-likeness (QED) is 0.227. The van der Waals surface area contributed by atoms with Crippen LogP contribution in [0.25, 0.3) is 0 Å². The molecule has 2 rings (SSSR count). The summed E-state index contributed by atoms with van der Waals surface area (Å²) in [6, 6.07) is 0.936. The molecule has 1 aromatic rings. The first-order valence-corrected chi connectivity index (χ1v) is 13.6. The highest BCUT2D eigenvalue weighted by atomic mass is 31.3. The highest BCUT2D eigenvalue weighted by Crippen LogP contribution is 2.72. The van der Waals surface area contributed by atoms with E-state index in [1.807, 2.05) is 10.9 Å². The third-order valence-corrected chi connectivity index (χ3v) is 9.96. The zero-order valence-corrected chi connectivity index (χ0v) is 21.3. The fourth-order valence-electron chi connectivity index (χ4n) is 2.69. The van der Waals surface area contributed by atoms with Crippen LogP contribution >= 0.6 is 23.5 Å². The van der Waals surface area contributed by atoms with Crippen molar-refractivity contribution in [2.45, 2.75) is 24.0 Å². The second-order valence-electron chi connectivity index (χ2n) is 6.49. The van der Waals surface area contributed by atoms with E-state index in [1.165, 1.54) is 0 Å². The van der Waals surface area contributed by atoms with Gasteiger partial charge in [0.25, 0.3) is 5.56 Å². The van der Waals surface area contributed by atoms with E-state index in [-0.39, 0.29) is 0 Å². The number of aromatic nitrogens is 2. The number of nitrogens with one attached hydrogen (secondary N) is 1. The first-order chi connectivity index (χ1) is 16.2. The number of aromatic amines is 1. The molecule has 0 bridgehead atoms. The molecule has 0 amide bonds. The van der Waals surface area contributed by atoms with Gasteiger partial charge in [-0.2, -0.15) is 8.62 Å². The first kappa shape index (κ1) is 29.8. The molecule has 1 aliphatic heterocycles. The maximum absolute atomic E-state index is 12.9. The summed E-state index contributed by atoms with van der Waals surface area (Å²) in [7, 11) is -10.9. The van der Waals surface area contributed by atoms with Crippen LogP contribution < -0.4 is 11.2 Å². The molecule has 1 aliphatic rings. The van der Waals surface area contributed by atoms with Crippen molar-refractivity contribution in [1.29, 1.82) is 0 Å². The molecule has 17 nitrogen and oxygen atoms in total. The van der Waals surface area contributed by atoms with Gasteiger partial charge in [-0.05, 0) is 0 Å². The summed E-state index contributed by atoms with van der Waals surface area (Å²) >= 11 is 0. The van der Waals surface area contributed by atoms with Crippen LogP contribution in [-0.2, 0) is 49.7 Å². The van der Waals surface area contributed by atoms with Gasteiger partial charge in [-0.3, -0.25) is 37.0 Å². The summed E-state index contributed by atoms with van der Waals surface area (Å²) in [6.07, 6.45) is 1.07. The molecule has 2 heterocycles. The van der Waals surface area contributed by atoms with Gasteiger partial charge in [-0.15, -0.1) is 6.42 Å². The molecule has 1 aromatic heterocycles. The summed E-state index contributed by atoms with van der Waals surface area (Å²) in [5, 5.41) is 21.3. The largest absolute Gasteiger partial charge is 0.492 e. The summed E-state index contributed by atoms with van der Waals surface area (Å²) in [5.74, 6) is 1.91. The molecule has 2 unspecified atom stereocenters. The van der Waals surface area contributed by atoms with Crippen molar-refractivity contribution in [3.8, 4) is 12.3 Å². The standard InChI is InChI=1S/C15H23N2O15P3/c1-6-15(21)12(19)10(30-13(15)17-8-7-11(18)16-14(17)20)9-29-34(23,27-4)32-35(24,28-5)31-33(22,25-2)26-3/h1,7-8,10,12-13,19,21H,9H2,2-5H3,(H,16,18,20)/t10-,12-,13-,15-,34?,35?/m1/s1. The number of nitrogens with zero attached hydrogens (tertiary/aromatic N) is 1. The number of phosphoric ester groups is 2. The molecule has 3 N–H and O–H groups in total. The summed E-state index contributed by atoms with van der Waals surface area (Å²) in [5.41, 5.74) is -4.28. The van der Waals surface area contributed by atoms with Gasteiger partial charge in [0.1, 0.15) is 12.2 Å². The molecule has 198 valence electrons. The number of H-pyrrole nitrogens is 1. The third-order valence-electron chi connectivity index (χ3n) is 4.51. The molecule has 20 heteroatoms. The minimum absolute atomic E-state index is 0.705. The van der Waals surface area contributed by atoms with Gasteiger partial charge in [-0.25, -0.2) is 18.5 Å². The fraction of sp³-hybridized carbons (Fsp3) is 0.600. The van der Waals surface area contributed by atoms with E-state index in [0.29, 0.717) is 4.57 Å². The van der Waals surface area contributed by atoms with Crippen molar-refractivity contribution < 1.29 is 59.9 Å². The van der Waals surface area contributed by atoms with Gasteiger partial charge in [-0.1, -0.05) is 5.92 Å². The average molecular weight is 564 g/mol. The highest BCUT2D eigenvalue weighted by Gasteiger charge is 2.57. The lowest BCUT2D eigenvalue weighted by Gasteiger charge is -2.26. The van der Waals surface area contributed by atoms with Crippen molar-refractivity contribution in [3.63, 3.8) is 0 Å². The van der Waals surface area contributed by atoms with Gasteiger partial charge in [0.15, 0.2) is 11.8 Å². The molecule has 0 saturated carbocycles. The Kier molecular flexibility index (Phi) is 9.60. The lowest BCUT2D eigenvalue weighted by Crippen LogP contribution is -2.48. The average Bonchev–Trinajstić information content (AvgIpc) is 3.08. The molecule has 1 saturated heterocycles. The number of phosphoric acid groups is 3. The molecular weight excluding hydrogens is 541 g/mol. The monoisotopic (exact) mass is 564 g/mol. The molecule has 1 fully saturated rings. The minimum atomic E-state index is -4.96. The van der Waals surface area contributed by atoms with Crippen LogP contribution in [0, 0.1) is 12.3 Å². The highest BCUT2D eigenvalue weighted by molar-refractivity contribution is 7.67. The van der Waals surface area contributed by atoms with Gasteiger partial charge in [0.05, 0.1) is 6.61 Å². The number of rotatable bonds is 12. The number of aliphatic hydroxyl groups excluding tert-OH is 1. The van der Waals surface area contributed by atoms with E-state index in [4.69, 9.17) is 20.0 Å². The lowest BCUT2D eigenvalue weighted by molar-refractivity contribution is -0.0762. The van der Waals surface area contributed by atoms with Crippen LogP contribution in [0.15, 0.2) is 21.9 Å². The Morgan fingerprint density at radius 2 is 1.63 bits per heavy atom. The molecule has 35 heavy (non-hydrogen) atoms. The molecule has 0 aliphatic carbocycles. The zero-order chi connectivity index (χ0) is 26.7. The predicted octanol–water partition coefficient (Wildman–Crippen LogP) is 0.119. The maximum Gasteiger partial charge on any atom is 0.492 e. The first-order valence-electron chi connectivity index (χ1n) is 9.19. The normalized spacial score (nSPS) is 28.2. The number of hydrogen-bond acceptors (Lipinski definition) is 15. The lowest BCUT2D eigenvalue weighted by atomic mass is 9.95. The van der Waals surface area contributed by atoms with E-state index in [1.54, 1.807) is 0 Å². The SMILES string of the molecule is C#C[C@@]1(O)[C@H](O)[C@@H](COP(=O)(OC)OP(=O)(OC)OP(=O)(OC)OC)O[C@H]1n1ccc(=O)[nH]c1=O. The van der Waals surface area contributed by atoms with E-state index in [9.17, 15) is 33.5 Å². The molecule has 0 radical (unpaired) electrons. The maximum atomic E-state index is 12.9. The second kappa shape index (κ2) is 11.3. The van der Waals surface area contributed by atoms with Crippen molar-refractivity contribution in [3.05, 3.63) is 33.1 Å². The van der Waals surface area contributed by atoms with Crippen LogP contribution in [0.3, 0.4) is 0 Å². The van der Waals surface area contributed by atoms with E-state index in [0.717, 1.165) is 40.7 Å². The van der Waals surface area contributed by atoms with Gasteiger partial charge < -0.3 is 14.9 Å². The van der Waals surface area contributed by atoms with Gasteiger partial charge in [0.2, 0.25) is 0 Å². The fourth-order valence-corrected chi connectivity index (χ4v) is 7.15. The second-order valence-corrected chi connectivity index (χ2v) is 12.2. The zero-order valence-electron chi connectivity index (χ0n) is 18.7. The van der Waals surface area contributed by atoms with E-state index >= 15 is 0 Å². The topological polar surface area (TPSA) is 220 Å². The van der Waals surface area contributed by atoms with Crippen LogP contribution in [0.2, 0.25) is 0 Å².